The first-order valence-electron chi connectivity index (χ1n) is 7.74. The van der Waals surface area contributed by atoms with Crippen molar-refractivity contribution in [3.8, 4) is 0 Å². The van der Waals surface area contributed by atoms with Crippen LogP contribution in [0.4, 0.5) is 11.5 Å². The average Bonchev–Trinajstić information content (AvgIpc) is 2.58. The molecule has 1 atom stereocenters. The third-order valence-corrected chi connectivity index (χ3v) is 4.65. The minimum absolute atomic E-state index is 0.187. The number of nitrogens with two attached hydrogens (primary N) is 1. The molecule has 11 heteroatoms. The molecule has 1 heterocycles. The fourth-order valence-corrected chi connectivity index (χ4v) is 2.35. The molecule has 10 nitrogen and oxygen atoms in total. The number of aryl methyl sites for hydroxylation is 1. The maximum atomic E-state index is 9.78. The first-order chi connectivity index (χ1) is 11.9. The Hall–Kier alpha value is -1.42. The topological polar surface area (TPSA) is 133 Å². The van der Waals surface area contributed by atoms with Gasteiger partial charge >= 0.3 is 141 Å². The molecule has 0 aliphatic carbocycles. The molecule has 0 fully saturated rings. The van der Waals surface area contributed by atoms with Gasteiger partial charge in [0.05, 0.1) is 0 Å². The molecule has 1 aromatic rings. The van der Waals surface area contributed by atoms with Gasteiger partial charge in [0.1, 0.15) is 6.33 Å². The van der Waals surface area contributed by atoms with Crippen LogP contribution in [0.3, 0.4) is 0 Å². The molecule has 0 spiro atoms. The van der Waals surface area contributed by atoms with Crippen molar-refractivity contribution >= 4 is 25.8 Å². The van der Waals surface area contributed by atoms with Gasteiger partial charge in [-0.25, -0.2) is 0 Å². The van der Waals surface area contributed by atoms with Gasteiger partial charge in [0.15, 0.2) is 0 Å². The number of hydrogen-bond acceptors (Lipinski definition) is 9. The molecule has 25 heavy (non-hydrogen) atoms. The van der Waals surface area contributed by atoms with Gasteiger partial charge in [-0.15, -0.1) is 0 Å². The Morgan fingerprint density at radius 2 is 2.16 bits per heavy atom. The van der Waals surface area contributed by atoms with Crippen LogP contribution in [0.2, 0.25) is 0 Å². The molecule has 0 aromatic carbocycles. The molecule has 144 valence electrons. The van der Waals surface area contributed by atoms with E-state index in [4.69, 9.17) is 24.3 Å². The summed E-state index contributed by atoms with van der Waals surface area (Å²) in [7, 11) is -0.0917. The first kappa shape index (κ1) is 21.6. The molecule has 0 saturated carbocycles. The summed E-state index contributed by atoms with van der Waals surface area (Å²) in [6, 6.07) is 0. The van der Waals surface area contributed by atoms with Crippen LogP contribution >= 0.6 is 7.94 Å². The Morgan fingerprint density at radius 3 is 2.80 bits per heavy atom. The molecule has 0 saturated heterocycles. The fraction of sp³-hybridized carbons (Fsp3) is 0.643. The van der Waals surface area contributed by atoms with E-state index in [0.29, 0.717) is 37.0 Å². The van der Waals surface area contributed by atoms with Crippen molar-refractivity contribution in [1.82, 2.24) is 15.3 Å². The fourth-order valence-electron chi connectivity index (χ4n) is 1.74. The van der Waals surface area contributed by atoms with Gasteiger partial charge in [0, 0.05) is 0 Å². The third-order valence-electron chi connectivity index (χ3n) is 3.19. The summed E-state index contributed by atoms with van der Waals surface area (Å²) in [5, 5.41) is 2.99. The van der Waals surface area contributed by atoms with Crippen molar-refractivity contribution in [3.05, 3.63) is 12.0 Å². The number of aromatic nitrogens is 2. The van der Waals surface area contributed by atoms with E-state index in [1.807, 2.05) is 0 Å². The van der Waals surface area contributed by atoms with Crippen LogP contribution in [0.5, 0.6) is 0 Å². The van der Waals surface area contributed by atoms with E-state index in [-0.39, 0.29) is 12.7 Å². The maximum absolute atomic E-state index is 9.78. The number of nitrogens with zero attached hydrogens (tertiary/aromatic N) is 3. The number of rotatable bonds is 12. The van der Waals surface area contributed by atoms with E-state index < -0.39 is 7.94 Å². The van der Waals surface area contributed by atoms with E-state index in [0.717, 1.165) is 0 Å². The second-order valence-corrected chi connectivity index (χ2v) is 7.76. The SMILES string of the molecule is COC[C@H](CO[PH](C)(O)OC)OCCN/C=N\c1c(C)ncnc1N. The number of methoxy groups -OCH3 is 1. The van der Waals surface area contributed by atoms with Crippen LogP contribution < -0.4 is 11.1 Å². The summed E-state index contributed by atoms with van der Waals surface area (Å²) in [5.41, 5.74) is 6.98. The van der Waals surface area contributed by atoms with E-state index in [9.17, 15) is 4.89 Å². The van der Waals surface area contributed by atoms with E-state index in [1.165, 1.54) is 26.4 Å². The van der Waals surface area contributed by atoms with Crippen LogP contribution in [-0.2, 0) is 18.5 Å². The minimum atomic E-state index is -3.07. The van der Waals surface area contributed by atoms with Gasteiger partial charge in [-0.3, -0.25) is 0 Å². The van der Waals surface area contributed by atoms with E-state index >= 15 is 0 Å². The molecule has 1 aromatic heterocycles. The second kappa shape index (κ2) is 11.2. The van der Waals surface area contributed by atoms with Crippen molar-refractivity contribution in [2.45, 2.75) is 13.0 Å². The Morgan fingerprint density at radius 1 is 1.40 bits per heavy atom. The molecule has 4 N–H and O–H groups in total. The molecule has 0 amide bonds. The third kappa shape index (κ3) is 8.48. The predicted molar refractivity (Wildman–Crippen MR) is 98.4 cm³/mol. The number of nitrogens with one attached hydrogen (secondary N) is 1. The number of aliphatic imine (C=N–C) groups is 1. The molecule has 0 radical (unpaired) electrons. The molecule has 1 rings (SSSR count). The van der Waals surface area contributed by atoms with Crippen LogP contribution in [0.25, 0.3) is 0 Å². The van der Waals surface area contributed by atoms with Gasteiger partial charge < -0.3 is 0 Å². The standard InChI is InChI=1S/C14H28N5O5P/c1-11-13(14(15)19-10-17-11)18-9-16-5-6-23-12(7-21-2)8-24-25(4,20)22-3/h9-10,12,20,25H,5-8H2,1-4H3,(H,16,18)(H2,15,17,19)/t12-/m1/s1. The number of anilines is 1. The molecular weight excluding hydrogens is 349 g/mol. The molecule has 0 unspecified atom stereocenters. The van der Waals surface area contributed by atoms with E-state index in [2.05, 4.69) is 20.3 Å². The number of ether oxygens (including phenoxy) is 2. The van der Waals surface area contributed by atoms with Crippen LogP contribution in [-0.4, -0.2) is 74.6 Å². The summed E-state index contributed by atoms with van der Waals surface area (Å²) in [4.78, 5) is 21.9. The van der Waals surface area contributed by atoms with Gasteiger partial charge in [-0.05, 0) is 0 Å². The number of nitrogen functional groups attached to an aromatic ring is 1. The quantitative estimate of drug-likeness (QED) is 0.205. The number of hydrogen-bond donors (Lipinski definition) is 3. The Bertz CT molecular complexity index is 526. The molecule has 0 aliphatic heterocycles. The predicted octanol–water partition coefficient (Wildman–Crippen LogP) is 0.428. The molecule has 0 aliphatic rings. The summed E-state index contributed by atoms with van der Waals surface area (Å²) in [6.07, 6.45) is 2.61. The van der Waals surface area contributed by atoms with Crippen molar-refractivity contribution < 1.29 is 23.4 Å². The van der Waals surface area contributed by atoms with Crippen molar-refractivity contribution in [2.24, 2.45) is 4.99 Å². The Balaban J connectivity index is 2.33. The molecular formula is C14H28N5O5P. The zero-order chi connectivity index (χ0) is 18.7. The van der Waals surface area contributed by atoms with Gasteiger partial charge in [-0.2, -0.15) is 0 Å². The zero-order valence-electron chi connectivity index (χ0n) is 15.1. The van der Waals surface area contributed by atoms with Crippen molar-refractivity contribution in [3.63, 3.8) is 0 Å². The Kier molecular flexibility index (Phi) is 9.73. The summed E-state index contributed by atoms with van der Waals surface area (Å²) < 4.78 is 21.0. The second-order valence-electron chi connectivity index (χ2n) is 5.27. The summed E-state index contributed by atoms with van der Waals surface area (Å²) in [6.45, 7) is 4.80. The summed E-state index contributed by atoms with van der Waals surface area (Å²) in [5.74, 6) is 0.327. The van der Waals surface area contributed by atoms with Crippen molar-refractivity contribution in [2.75, 3.05) is 53.0 Å². The van der Waals surface area contributed by atoms with Crippen LogP contribution in [0, 0.1) is 6.92 Å². The Labute approximate surface area is 148 Å². The van der Waals surface area contributed by atoms with E-state index in [1.54, 1.807) is 14.0 Å². The first-order valence-corrected chi connectivity index (χ1v) is 10.0. The van der Waals surface area contributed by atoms with Gasteiger partial charge in [0.25, 0.3) is 0 Å². The van der Waals surface area contributed by atoms with Crippen LogP contribution in [0.1, 0.15) is 5.69 Å². The van der Waals surface area contributed by atoms with Gasteiger partial charge in [-0.1, -0.05) is 0 Å². The summed E-state index contributed by atoms with van der Waals surface area (Å²) >= 11 is 0. The van der Waals surface area contributed by atoms with Crippen LogP contribution in [0.15, 0.2) is 11.3 Å². The average molecular weight is 377 g/mol. The molecule has 0 bridgehead atoms. The normalized spacial score (nSPS) is 14.0. The van der Waals surface area contributed by atoms with Crippen molar-refractivity contribution in [1.29, 1.82) is 0 Å². The zero-order valence-corrected chi connectivity index (χ0v) is 16.1. The monoisotopic (exact) mass is 377 g/mol. The van der Waals surface area contributed by atoms with Gasteiger partial charge in [0.2, 0.25) is 0 Å².